The van der Waals surface area contributed by atoms with Gasteiger partial charge in [0.2, 0.25) is 0 Å². The molecule has 0 rings (SSSR count). The van der Waals surface area contributed by atoms with Gasteiger partial charge >= 0.3 is 5.97 Å². The Labute approximate surface area is 72.1 Å². The Hall–Kier alpha value is -0.0505. The van der Waals surface area contributed by atoms with E-state index in [0.717, 1.165) is 13.1 Å². The second-order valence-electron chi connectivity index (χ2n) is 1.70. The molecule has 0 aliphatic heterocycles. The fraction of sp³-hybridized carbons (Fsp3) is 0.833. The van der Waals surface area contributed by atoms with Gasteiger partial charge in [-0.05, 0) is 13.8 Å². The van der Waals surface area contributed by atoms with Crippen LogP contribution in [-0.4, -0.2) is 24.1 Å². The van der Waals surface area contributed by atoms with Gasteiger partial charge in [-0.15, -0.1) is 5.06 Å². The first-order chi connectivity index (χ1) is 4.20. The maximum absolute atomic E-state index is 10.3. The van der Waals surface area contributed by atoms with Crippen molar-refractivity contribution in [2.75, 3.05) is 13.1 Å². The molecule has 0 aromatic carbocycles. The molecule has 10 heavy (non-hydrogen) atoms. The fourth-order valence-corrected chi connectivity index (χ4v) is 0.535. The molecule has 0 aromatic rings. The molecule has 0 spiro atoms. The normalized spacial score (nSPS) is 8.80. The van der Waals surface area contributed by atoms with Crippen molar-refractivity contribution in [3.63, 3.8) is 0 Å². The maximum atomic E-state index is 10.3. The summed E-state index contributed by atoms with van der Waals surface area (Å²) >= 11 is 0. The van der Waals surface area contributed by atoms with Crippen LogP contribution in [0.2, 0.25) is 0 Å². The van der Waals surface area contributed by atoms with E-state index in [4.69, 9.17) is 4.84 Å². The summed E-state index contributed by atoms with van der Waals surface area (Å²) in [6, 6.07) is 0. The van der Waals surface area contributed by atoms with Crippen LogP contribution < -0.4 is 0 Å². The summed E-state index contributed by atoms with van der Waals surface area (Å²) in [6.07, 6.45) is 0. The van der Waals surface area contributed by atoms with Crippen molar-refractivity contribution < 1.29 is 26.7 Å². The van der Waals surface area contributed by atoms with Crippen LogP contribution >= 0.6 is 0 Å². The summed E-state index contributed by atoms with van der Waals surface area (Å²) in [5, 5.41) is 1.60. The average molecular weight is 195 g/mol. The van der Waals surface area contributed by atoms with Gasteiger partial charge in [0, 0.05) is 37.1 Å². The van der Waals surface area contributed by atoms with E-state index in [1.165, 1.54) is 6.92 Å². The Kier molecular flexibility index (Phi) is 8.90. The van der Waals surface area contributed by atoms with Crippen molar-refractivity contribution in [2.45, 2.75) is 20.8 Å². The average Bonchev–Trinajstić information content (AvgIpc) is 1.82. The second-order valence-corrected chi connectivity index (χ2v) is 1.70. The number of rotatable bonds is 3. The monoisotopic (exact) mass is 194 g/mol. The van der Waals surface area contributed by atoms with Crippen LogP contribution in [-0.2, 0) is 26.7 Å². The summed E-state index contributed by atoms with van der Waals surface area (Å²) < 4.78 is 0. The molecule has 0 bridgehead atoms. The van der Waals surface area contributed by atoms with Crippen LogP contribution in [0.3, 0.4) is 0 Å². The smallest absolute Gasteiger partial charge is 0.322 e. The summed E-state index contributed by atoms with van der Waals surface area (Å²) in [5.74, 6) is -0.251. The van der Waals surface area contributed by atoms with Gasteiger partial charge in [0.1, 0.15) is 0 Å². The van der Waals surface area contributed by atoms with Crippen LogP contribution in [0.4, 0.5) is 0 Å². The van der Waals surface area contributed by atoms with E-state index in [2.05, 4.69) is 0 Å². The molecule has 0 aliphatic rings. The van der Waals surface area contributed by atoms with Crippen molar-refractivity contribution in [1.29, 1.82) is 0 Å². The summed E-state index contributed by atoms with van der Waals surface area (Å²) in [7, 11) is 0. The predicted molar refractivity (Wildman–Crippen MR) is 34.7 cm³/mol. The van der Waals surface area contributed by atoms with E-state index >= 15 is 0 Å². The van der Waals surface area contributed by atoms with Gasteiger partial charge in [-0.2, -0.15) is 0 Å². The molecule has 0 amide bonds. The molecule has 1 radical (unpaired) electrons. The Bertz CT molecular complexity index is 93.7. The zero-order valence-corrected chi connectivity index (χ0v) is 7.42. The topological polar surface area (TPSA) is 29.5 Å². The molecule has 3 nitrogen and oxygen atoms in total. The first kappa shape index (κ1) is 12.6. The van der Waals surface area contributed by atoms with Crippen LogP contribution in [0.1, 0.15) is 20.8 Å². The van der Waals surface area contributed by atoms with E-state index in [9.17, 15) is 4.79 Å². The van der Waals surface area contributed by atoms with Gasteiger partial charge in [0.05, 0.1) is 0 Å². The second kappa shape index (κ2) is 7.06. The van der Waals surface area contributed by atoms with E-state index in [1.54, 1.807) is 5.06 Å². The third kappa shape index (κ3) is 6.08. The molecule has 0 saturated heterocycles. The maximum Gasteiger partial charge on any atom is 0.322 e. The van der Waals surface area contributed by atoms with Gasteiger partial charge in [0.25, 0.3) is 0 Å². The first-order valence-corrected chi connectivity index (χ1v) is 3.14. The molecule has 0 aliphatic carbocycles. The van der Waals surface area contributed by atoms with Gasteiger partial charge < -0.3 is 4.84 Å². The number of hydroxylamine groups is 2. The molecule has 0 saturated carbocycles. The molecular formula is C6H13CuNO2. The van der Waals surface area contributed by atoms with Crippen LogP contribution in [0.25, 0.3) is 0 Å². The third-order valence-corrected chi connectivity index (χ3v) is 0.963. The zero-order valence-electron chi connectivity index (χ0n) is 6.48. The molecular weight excluding hydrogens is 182 g/mol. The minimum atomic E-state index is -0.251. The Balaban J connectivity index is 0. The zero-order chi connectivity index (χ0) is 7.28. The largest absolute Gasteiger partial charge is 0.368 e. The van der Waals surface area contributed by atoms with Crippen molar-refractivity contribution in [2.24, 2.45) is 0 Å². The van der Waals surface area contributed by atoms with E-state index in [0.29, 0.717) is 0 Å². The van der Waals surface area contributed by atoms with Gasteiger partial charge in [0.15, 0.2) is 0 Å². The molecule has 0 heterocycles. The number of carbonyl (C=O) groups excluding carboxylic acids is 1. The summed E-state index contributed by atoms with van der Waals surface area (Å²) in [5.41, 5.74) is 0. The van der Waals surface area contributed by atoms with Crippen molar-refractivity contribution in [1.82, 2.24) is 5.06 Å². The standard InChI is InChI=1S/C6H13NO2.Cu/c1-4-7(5-2)9-6(3)8;/h4-5H2,1-3H3;. The van der Waals surface area contributed by atoms with E-state index < -0.39 is 0 Å². The van der Waals surface area contributed by atoms with Crippen molar-refractivity contribution >= 4 is 5.97 Å². The number of hydrogen-bond acceptors (Lipinski definition) is 3. The molecule has 0 aromatic heterocycles. The predicted octanol–water partition coefficient (Wildman–Crippen LogP) is 0.804. The van der Waals surface area contributed by atoms with Crippen molar-refractivity contribution in [3.8, 4) is 0 Å². The quantitative estimate of drug-likeness (QED) is 0.492. The van der Waals surface area contributed by atoms with Crippen LogP contribution in [0, 0.1) is 0 Å². The minimum absolute atomic E-state index is 0. The van der Waals surface area contributed by atoms with Crippen LogP contribution in [0.15, 0.2) is 0 Å². The molecule has 0 fully saturated rings. The van der Waals surface area contributed by atoms with Gasteiger partial charge in [-0.25, -0.2) is 0 Å². The third-order valence-electron chi connectivity index (χ3n) is 0.963. The van der Waals surface area contributed by atoms with Crippen LogP contribution in [0.5, 0.6) is 0 Å². The molecule has 0 unspecified atom stereocenters. The summed E-state index contributed by atoms with van der Waals surface area (Å²) in [6.45, 7) is 6.77. The van der Waals surface area contributed by atoms with Gasteiger partial charge in [-0.3, -0.25) is 4.79 Å². The SMILES string of the molecule is CCN(CC)OC(C)=O.[Cu]. The Morgan fingerprint density at radius 3 is 1.90 bits per heavy atom. The minimum Gasteiger partial charge on any atom is -0.368 e. The van der Waals surface area contributed by atoms with E-state index in [-0.39, 0.29) is 23.0 Å². The number of hydrogen-bond donors (Lipinski definition) is 0. The summed E-state index contributed by atoms with van der Waals surface area (Å²) in [4.78, 5) is 15.1. The first-order valence-electron chi connectivity index (χ1n) is 3.14. The van der Waals surface area contributed by atoms with Crippen molar-refractivity contribution in [3.05, 3.63) is 0 Å². The number of nitrogens with zero attached hydrogens (tertiary/aromatic N) is 1. The Morgan fingerprint density at radius 1 is 1.40 bits per heavy atom. The molecule has 65 valence electrons. The molecule has 0 atom stereocenters. The van der Waals surface area contributed by atoms with Gasteiger partial charge in [-0.1, -0.05) is 0 Å². The Morgan fingerprint density at radius 2 is 1.80 bits per heavy atom. The van der Waals surface area contributed by atoms with E-state index in [1.807, 2.05) is 13.8 Å². The number of carbonyl (C=O) groups is 1. The molecule has 0 N–H and O–H groups in total. The molecule has 4 heteroatoms. The fourth-order valence-electron chi connectivity index (χ4n) is 0.535.